The molecule has 0 aliphatic heterocycles. The Morgan fingerprint density at radius 2 is 0.460 bits per heavy atom. The van der Waals surface area contributed by atoms with Gasteiger partial charge in [0.1, 0.15) is 19.3 Å². The Morgan fingerprint density at radius 1 is 0.270 bits per heavy atom. The van der Waals surface area contributed by atoms with Crippen LogP contribution in [0.2, 0.25) is 0 Å². The maximum Gasteiger partial charge on any atom is 0.472 e. The fourth-order valence-corrected chi connectivity index (χ4v) is 14.2. The van der Waals surface area contributed by atoms with Crippen LogP contribution in [0.25, 0.3) is 0 Å². The van der Waals surface area contributed by atoms with Gasteiger partial charge in [-0.3, -0.25) is 37.3 Å². The highest BCUT2D eigenvalue weighted by Gasteiger charge is 2.30. The van der Waals surface area contributed by atoms with E-state index in [-0.39, 0.29) is 25.7 Å². The van der Waals surface area contributed by atoms with Crippen molar-refractivity contribution in [3.05, 3.63) is 0 Å². The van der Waals surface area contributed by atoms with Gasteiger partial charge in [0.25, 0.3) is 0 Å². The van der Waals surface area contributed by atoms with Crippen molar-refractivity contribution in [2.24, 2.45) is 5.92 Å². The molecule has 594 valence electrons. The second-order valence-electron chi connectivity index (χ2n) is 29.6. The number of phosphoric acid groups is 2. The van der Waals surface area contributed by atoms with Crippen LogP contribution in [0.15, 0.2) is 0 Å². The van der Waals surface area contributed by atoms with Crippen molar-refractivity contribution >= 4 is 39.5 Å². The largest absolute Gasteiger partial charge is 0.472 e. The first kappa shape index (κ1) is 98.1. The monoisotopic (exact) mass is 1470 g/mol. The van der Waals surface area contributed by atoms with E-state index in [4.69, 9.17) is 37.0 Å². The average Bonchev–Trinajstić information content (AvgIpc) is 0.938. The van der Waals surface area contributed by atoms with Gasteiger partial charge >= 0.3 is 39.5 Å². The van der Waals surface area contributed by atoms with Crippen LogP contribution in [-0.2, 0) is 65.4 Å². The summed E-state index contributed by atoms with van der Waals surface area (Å²) in [4.78, 5) is 72.9. The fourth-order valence-electron chi connectivity index (χ4n) is 12.6. The van der Waals surface area contributed by atoms with Gasteiger partial charge in [0.2, 0.25) is 0 Å². The lowest BCUT2D eigenvalue weighted by atomic mass is 10.0. The maximum atomic E-state index is 13.1. The van der Waals surface area contributed by atoms with Gasteiger partial charge in [-0.15, -0.1) is 0 Å². The molecule has 5 atom stereocenters. The van der Waals surface area contributed by atoms with Crippen molar-refractivity contribution in [2.45, 2.75) is 451 Å². The van der Waals surface area contributed by atoms with Gasteiger partial charge < -0.3 is 33.8 Å². The first-order valence-corrected chi connectivity index (χ1v) is 45.1. The molecular formula is C81H158O17P2. The number of rotatable bonds is 81. The van der Waals surface area contributed by atoms with E-state index in [1.165, 1.54) is 257 Å². The van der Waals surface area contributed by atoms with Gasteiger partial charge in [0.15, 0.2) is 12.2 Å². The van der Waals surface area contributed by atoms with Crippen LogP contribution >= 0.6 is 15.6 Å². The van der Waals surface area contributed by atoms with E-state index in [2.05, 4.69) is 34.6 Å². The minimum absolute atomic E-state index is 0.108. The van der Waals surface area contributed by atoms with Crippen LogP contribution in [0.5, 0.6) is 0 Å². The summed E-state index contributed by atoms with van der Waals surface area (Å²) in [7, 11) is -9.91. The summed E-state index contributed by atoms with van der Waals surface area (Å²) >= 11 is 0. The molecule has 17 nitrogen and oxygen atoms in total. The molecular weight excluding hydrogens is 1310 g/mol. The second-order valence-corrected chi connectivity index (χ2v) is 32.5. The molecule has 0 radical (unpaired) electrons. The molecule has 19 heteroatoms. The van der Waals surface area contributed by atoms with Crippen LogP contribution in [-0.4, -0.2) is 96.7 Å². The first-order valence-electron chi connectivity index (χ1n) is 42.1. The standard InChI is InChI=1S/C81H158O17P2/c1-6-9-12-15-18-21-23-25-26-27-31-34-37-41-45-50-55-60-65-79(84)92-71-77(98-81(86)67-62-57-52-47-42-38-35-32-29-28-30-33-36-39-44-48-53-58-63-74(4)5)73-96-100(89,90)94-69-75(82)68-93-99(87,88)95-72-76(70-91-78(83)64-59-54-49-43-20-17-14-11-8-3)97-80(85)66-61-56-51-46-40-24-22-19-16-13-10-7-2/h74-77,82H,6-73H2,1-5H3,(H,87,88)(H,89,90)/t75-,76+,77+/m0/s1. The lowest BCUT2D eigenvalue weighted by molar-refractivity contribution is -0.161. The molecule has 0 aromatic heterocycles. The third-order valence-corrected chi connectivity index (χ3v) is 20.9. The lowest BCUT2D eigenvalue weighted by Crippen LogP contribution is -2.30. The van der Waals surface area contributed by atoms with E-state index in [9.17, 15) is 43.2 Å². The number of carbonyl (C=O) groups is 4. The van der Waals surface area contributed by atoms with Gasteiger partial charge in [0.05, 0.1) is 26.4 Å². The Kier molecular flexibility index (Phi) is 72.5. The van der Waals surface area contributed by atoms with Gasteiger partial charge in [-0.1, -0.05) is 381 Å². The highest BCUT2D eigenvalue weighted by Crippen LogP contribution is 2.45. The molecule has 0 aliphatic carbocycles. The van der Waals surface area contributed by atoms with E-state index < -0.39 is 97.5 Å². The topological polar surface area (TPSA) is 237 Å². The third kappa shape index (κ3) is 74.3. The van der Waals surface area contributed by atoms with E-state index >= 15 is 0 Å². The number of hydrogen-bond donors (Lipinski definition) is 3. The number of carbonyl (C=O) groups excluding carboxylic acids is 4. The molecule has 0 spiro atoms. The third-order valence-electron chi connectivity index (χ3n) is 19.0. The molecule has 0 aliphatic rings. The first-order chi connectivity index (χ1) is 48.5. The molecule has 0 heterocycles. The Bertz CT molecular complexity index is 1910. The van der Waals surface area contributed by atoms with Crippen LogP contribution in [0.4, 0.5) is 0 Å². The van der Waals surface area contributed by atoms with Gasteiger partial charge in [0, 0.05) is 25.7 Å². The summed E-state index contributed by atoms with van der Waals surface area (Å²) in [6.45, 7) is 7.35. The number of unbranched alkanes of at least 4 members (excludes halogenated alkanes) is 53. The Morgan fingerprint density at radius 3 is 0.680 bits per heavy atom. The molecule has 0 aromatic rings. The number of aliphatic hydroxyl groups excluding tert-OH is 1. The van der Waals surface area contributed by atoms with Crippen molar-refractivity contribution in [3.63, 3.8) is 0 Å². The Hall–Kier alpha value is -1.94. The summed E-state index contributed by atoms with van der Waals surface area (Å²) in [5.74, 6) is -1.29. The lowest BCUT2D eigenvalue weighted by Gasteiger charge is -2.21. The van der Waals surface area contributed by atoms with E-state index in [1.807, 2.05) is 0 Å². The van der Waals surface area contributed by atoms with Gasteiger partial charge in [-0.2, -0.15) is 0 Å². The minimum atomic E-state index is -4.96. The summed E-state index contributed by atoms with van der Waals surface area (Å²) < 4.78 is 68.6. The molecule has 2 unspecified atom stereocenters. The molecule has 0 rings (SSSR count). The molecule has 100 heavy (non-hydrogen) atoms. The van der Waals surface area contributed by atoms with Crippen LogP contribution in [0.1, 0.15) is 433 Å². The van der Waals surface area contributed by atoms with Crippen molar-refractivity contribution in [3.8, 4) is 0 Å². The van der Waals surface area contributed by atoms with Crippen LogP contribution in [0, 0.1) is 5.92 Å². The number of hydrogen-bond acceptors (Lipinski definition) is 15. The smallest absolute Gasteiger partial charge is 0.462 e. The summed E-state index contributed by atoms with van der Waals surface area (Å²) in [5.41, 5.74) is 0. The molecule has 0 saturated carbocycles. The number of phosphoric ester groups is 2. The SMILES string of the molecule is CCCCCCCCCCCCCCCCCCCCC(=O)OC[C@H](COP(=O)(O)OC[C@@H](O)COP(=O)(O)OC[C@@H](COC(=O)CCCCCCCCCCC)OC(=O)CCCCCCCCCCCCCC)OC(=O)CCCCCCCCCCCCCCCCCCCCC(C)C. The summed E-state index contributed by atoms with van der Waals surface area (Å²) in [6, 6.07) is 0. The average molecular weight is 1470 g/mol. The predicted molar refractivity (Wildman–Crippen MR) is 409 cm³/mol. The minimum Gasteiger partial charge on any atom is -0.462 e. The summed E-state index contributed by atoms with van der Waals surface area (Å²) in [6.07, 6.45) is 65.3. The molecule has 0 amide bonds. The van der Waals surface area contributed by atoms with Crippen molar-refractivity contribution in [2.75, 3.05) is 39.6 Å². The second kappa shape index (κ2) is 73.9. The number of ether oxygens (including phenoxy) is 4. The van der Waals surface area contributed by atoms with Gasteiger partial charge in [-0.05, 0) is 31.6 Å². The fraction of sp³-hybridized carbons (Fsp3) is 0.951. The Labute approximate surface area is 613 Å². The molecule has 0 aromatic carbocycles. The zero-order valence-corrected chi connectivity index (χ0v) is 67.1. The highest BCUT2D eigenvalue weighted by molar-refractivity contribution is 7.47. The van der Waals surface area contributed by atoms with Crippen LogP contribution in [0.3, 0.4) is 0 Å². The maximum absolute atomic E-state index is 13.1. The molecule has 0 fully saturated rings. The highest BCUT2D eigenvalue weighted by atomic mass is 31.2. The van der Waals surface area contributed by atoms with E-state index in [1.54, 1.807) is 0 Å². The van der Waals surface area contributed by atoms with E-state index in [0.29, 0.717) is 25.7 Å². The van der Waals surface area contributed by atoms with Crippen molar-refractivity contribution in [1.29, 1.82) is 0 Å². The zero-order valence-electron chi connectivity index (χ0n) is 65.3. The summed E-state index contributed by atoms with van der Waals surface area (Å²) in [5, 5.41) is 10.6. The van der Waals surface area contributed by atoms with Crippen molar-refractivity contribution < 1.29 is 80.2 Å². The predicted octanol–water partition coefficient (Wildman–Crippen LogP) is 24.4. The van der Waals surface area contributed by atoms with E-state index in [0.717, 1.165) is 95.8 Å². The van der Waals surface area contributed by atoms with Crippen LogP contribution < -0.4 is 0 Å². The zero-order chi connectivity index (χ0) is 73.4. The molecule has 0 saturated heterocycles. The molecule has 3 N–H and O–H groups in total. The van der Waals surface area contributed by atoms with Crippen molar-refractivity contribution in [1.82, 2.24) is 0 Å². The number of aliphatic hydroxyl groups is 1. The number of esters is 4. The molecule has 0 bridgehead atoms. The Balaban J connectivity index is 5.19. The van der Waals surface area contributed by atoms with Gasteiger partial charge in [-0.25, -0.2) is 9.13 Å². The normalized spacial score (nSPS) is 13.8. The quantitative estimate of drug-likeness (QED) is 0.0222.